The monoisotopic (exact) mass is 319 g/mol. The highest BCUT2D eigenvalue weighted by Gasteiger charge is 2.20. The van der Waals surface area contributed by atoms with E-state index in [1.165, 1.54) is 30.9 Å². The Kier molecular flexibility index (Phi) is 5.17. The molecule has 0 unspecified atom stereocenters. The van der Waals surface area contributed by atoms with E-state index in [1.807, 2.05) is 18.2 Å². The van der Waals surface area contributed by atoms with Gasteiger partial charge in [-0.05, 0) is 30.5 Å². The predicted molar refractivity (Wildman–Crippen MR) is 81.7 cm³/mol. The molecule has 6 heteroatoms. The summed E-state index contributed by atoms with van der Waals surface area (Å²) in [5, 5.41) is 4.17. The molecule has 19 heavy (non-hydrogen) atoms. The van der Waals surface area contributed by atoms with Crippen molar-refractivity contribution in [3.05, 3.63) is 28.8 Å². The van der Waals surface area contributed by atoms with Crippen molar-refractivity contribution in [1.82, 2.24) is 5.32 Å². The third-order valence-corrected chi connectivity index (χ3v) is 5.46. The van der Waals surface area contributed by atoms with Crippen molar-refractivity contribution in [2.24, 2.45) is 0 Å². The fourth-order valence-electron chi connectivity index (χ4n) is 1.61. The van der Waals surface area contributed by atoms with Gasteiger partial charge in [0, 0.05) is 34.5 Å². The highest BCUT2D eigenvalue weighted by molar-refractivity contribution is 8.00. The van der Waals surface area contributed by atoms with Gasteiger partial charge in [0.05, 0.1) is 5.75 Å². The van der Waals surface area contributed by atoms with E-state index in [1.54, 1.807) is 0 Å². The van der Waals surface area contributed by atoms with E-state index in [0.29, 0.717) is 11.8 Å². The molecule has 0 atom stereocenters. The topological polar surface area (TPSA) is 46.2 Å². The third-order valence-electron chi connectivity index (χ3n) is 2.91. The van der Waals surface area contributed by atoms with Gasteiger partial charge in [0.15, 0.2) is 0 Å². The highest BCUT2D eigenvalue weighted by Crippen LogP contribution is 2.26. The minimum Gasteiger partial charge on any atom is -0.310 e. The first kappa shape index (κ1) is 15.2. The highest BCUT2D eigenvalue weighted by atomic mass is 35.5. The Morgan fingerprint density at radius 2 is 2.16 bits per heavy atom. The summed E-state index contributed by atoms with van der Waals surface area (Å²) < 4.78 is 22.1. The quantitative estimate of drug-likeness (QED) is 0.785. The van der Waals surface area contributed by atoms with Gasteiger partial charge in [0.1, 0.15) is 9.84 Å². The summed E-state index contributed by atoms with van der Waals surface area (Å²) in [4.78, 5) is 1.02. The Bertz CT molecular complexity index is 542. The first-order chi connectivity index (χ1) is 8.94. The number of hydrogen-bond acceptors (Lipinski definition) is 4. The second-order valence-electron chi connectivity index (χ2n) is 4.89. The molecule has 0 saturated heterocycles. The number of thioether (sulfide) groups is 1. The van der Waals surface area contributed by atoms with Crippen molar-refractivity contribution in [3.8, 4) is 0 Å². The molecule has 1 N–H and O–H groups in total. The lowest BCUT2D eigenvalue weighted by atomic mass is 10.2. The summed E-state index contributed by atoms with van der Waals surface area (Å²) in [6, 6.07) is 6.60. The summed E-state index contributed by atoms with van der Waals surface area (Å²) in [7, 11) is -2.89. The molecule has 1 saturated carbocycles. The Morgan fingerprint density at radius 3 is 2.74 bits per heavy atom. The van der Waals surface area contributed by atoms with Gasteiger partial charge < -0.3 is 5.32 Å². The van der Waals surface area contributed by atoms with Gasteiger partial charge in [-0.1, -0.05) is 17.7 Å². The van der Waals surface area contributed by atoms with E-state index >= 15 is 0 Å². The lowest BCUT2D eigenvalue weighted by molar-refractivity contribution is 0.603. The maximum Gasteiger partial charge on any atom is 0.148 e. The van der Waals surface area contributed by atoms with Gasteiger partial charge in [-0.25, -0.2) is 8.42 Å². The maximum atomic E-state index is 11.0. The molecule has 1 aromatic carbocycles. The zero-order valence-corrected chi connectivity index (χ0v) is 13.2. The lowest BCUT2D eigenvalue weighted by Crippen LogP contribution is -2.15. The van der Waals surface area contributed by atoms with E-state index in [2.05, 4.69) is 5.32 Å². The molecule has 1 aliphatic carbocycles. The van der Waals surface area contributed by atoms with Crippen molar-refractivity contribution in [1.29, 1.82) is 0 Å². The zero-order chi connectivity index (χ0) is 13.9. The second-order valence-corrected chi connectivity index (χ2v) is 8.72. The van der Waals surface area contributed by atoms with Crippen molar-refractivity contribution in [3.63, 3.8) is 0 Å². The van der Waals surface area contributed by atoms with Crippen molar-refractivity contribution >= 4 is 33.2 Å². The van der Waals surface area contributed by atoms with Gasteiger partial charge in [0.2, 0.25) is 0 Å². The molecule has 0 aliphatic heterocycles. The zero-order valence-electron chi connectivity index (χ0n) is 10.9. The lowest BCUT2D eigenvalue weighted by Gasteiger charge is -2.08. The van der Waals surface area contributed by atoms with Crippen LogP contribution in [-0.2, 0) is 16.4 Å². The van der Waals surface area contributed by atoms with Crippen LogP contribution in [-0.4, -0.2) is 32.2 Å². The Morgan fingerprint density at radius 1 is 1.42 bits per heavy atom. The van der Waals surface area contributed by atoms with Crippen LogP contribution in [0.25, 0.3) is 0 Å². The smallest absolute Gasteiger partial charge is 0.148 e. The normalized spacial score (nSPS) is 15.7. The SMILES string of the molecule is CS(=O)(=O)CCSc1ccc(CNC2CC2)c(Cl)c1. The number of halogens is 1. The summed E-state index contributed by atoms with van der Waals surface area (Å²) in [5.41, 5.74) is 1.10. The first-order valence-corrected chi connectivity index (χ1v) is 9.69. The Balaban J connectivity index is 1.86. The predicted octanol–water partition coefficient (Wildman–Crippen LogP) is 2.73. The molecule has 0 amide bonds. The van der Waals surface area contributed by atoms with Crippen molar-refractivity contribution < 1.29 is 8.42 Å². The molecule has 106 valence electrons. The van der Waals surface area contributed by atoms with Crippen LogP contribution in [0.5, 0.6) is 0 Å². The number of benzene rings is 1. The van der Waals surface area contributed by atoms with Crippen LogP contribution < -0.4 is 5.32 Å². The molecular weight excluding hydrogens is 302 g/mol. The van der Waals surface area contributed by atoms with Crippen molar-refractivity contribution in [2.45, 2.75) is 30.3 Å². The molecule has 1 aromatic rings. The molecule has 2 rings (SSSR count). The van der Waals surface area contributed by atoms with Crippen LogP contribution in [0.2, 0.25) is 5.02 Å². The van der Waals surface area contributed by atoms with Gasteiger partial charge in [-0.3, -0.25) is 0 Å². The molecule has 0 spiro atoms. The van der Waals surface area contributed by atoms with E-state index in [-0.39, 0.29) is 5.75 Å². The molecule has 1 aliphatic rings. The molecular formula is C13H18ClNO2S2. The fourth-order valence-corrected chi connectivity index (χ4v) is 4.07. The summed E-state index contributed by atoms with van der Waals surface area (Å²) in [6.07, 6.45) is 3.78. The van der Waals surface area contributed by atoms with Crippen LogP contribution in [0.1, 0.15) is 18.4 Å². The largest absolute Gasteiger partial charge is 0.310 e. The van der Waals surface area contributed by atoms with Crippen LogP contribution in [0, 0.1) is 0 Å². The van der Waals surface area contributed by atoms with Crippen LogP contribution >= 0.6 is 23.4 Å². The average Bonchev–Trinajstić information content (AvgIpc) is 3.10. The third kappa shape index (κ3) is 5.73. The number of nitrogens with one attached hydrogen (secondary N) is 1. The van der Waals surface area contributed by atoms with E-state index < -0.39 is 9.84 Å². The Labute approximate surface area is 124 Å². The van der Waals surface area contributed by atoms with Crippen LogP contribution in [0.15, 0.2) is 23.1 Å². The van der Waals surface area contributed by atoms with Gasteiger partial charge in [0.25, 0.3) is 0 Å². The molecule has 0 radical (unpaired) electrons. The minimum absolute atomic E-state index is 0.195. The Hall–Kier alpha value is -0.230. The molecule has 0 heterocycles. The van der Waals surface area contributed by atoms with Gasteiger partial charge in [-0.15, -0.1) is 11.8 Å². The van der Waals surface area contributed by atoms with Crippen LogP contribution in [0.4, 0.5) is 0 Å². The molecule has 0 aromatic heterocycles. The van der Waals surface area contributed by atoms with E-state index in [0.717, 1.165) is 22.0 Å². The summed E-state index contributed by atoms with van der Waals surface area (Å²) >= 11 is 7.75. The first-order valence-electron chi connectivity index (χ1n) is 6.26. The minimum atomic E-state index is -2.89. The van der Waals surface area contributed by atoms with Gasteiger partial charge >= 0.3 is 0 Å². The van der Waals surface area contributed by atoms with Crippen LogP contribution in [0.3, 0.4) is 0 Å². The summed E-state index contributed by atoms with van der Waals surface area (Å²) in [5.74, 6) is 0.759. The molecule has 1 fully saturated rings. The standard InChI is InChI=1S/C13H18ClNO2S2/c1-19(16,17)7-6-18-12-5-2-10(13(14)8-12)9-15-11-3-4-11/h2,5,8,11,15H,3-4,6-7,9H2,1H3. The van der Waals surface area contributed by atoms with Crippen molar-refractivity contribution in [2.75, 3.05) is 17.8 Å². The fraction of sp³-hybridized carbons (Fsp3) is 0.538. The van der Waals surface area contributed by atoms with E-state index in [4.69, 9.17) is 11.6 Å². The average molecular weight is 320 g/mol. The molecule has 0 bridgehead atoms. The summed E-state index contributed by atoms with van der Waals surface area (Å²) in [6.45, 7) is 0.803. The second kappa shape index (κ2) is 6.48. The number of hydrogen-bond donors (Lipinski definition) is 1. The number of rotatable bonds is 7. The maximum absolute atomic E-state index is 11.0. The van der Waals surface area contributed by atoms with Gasteiger partial charge in [-0.2, -0.15) is 0 Å². The number of sulfone groups is 1. The molecule has 3 nitrogen and oxygen atoms in total. The van der Waals surface area contributed by atoms with E-state index in [9.17, 15) is 8.42 Å².